The lowest BCUT2D eigenvalue weighted by molar-refractivity contribution is -0.116. The van der Waals surface area contributed by atoms with Crippen molar-refractivity contribution in [1.29, 1.82) is 0 Å². The van der Waals surface area contributed by atoms with Crippen LogP contribution in [-0.2, 0) is 4.79 Å². The predicted octanol–water partition coefficient (Wildman–Crippen LogP) is 5.85. The zero-order valence-electron chi connectivity index (χ0n) is 19.0. The third-order valence-corrected chi connectivity index (χ3v) is 6.04. The lowest BCUT2D eigenvalue weighted by Crippen LogP contribution is -2.38. The Morgan fingerprint density at radius 3 is 2.15 bits per heavy atom. The van der Waals surface area contributed by atoms with Gasteiger partial charge in [0.1, 0.15) is 5.82 Å². The van der Waals surface area contributed by atoms with Gasteiger partial charge in [0, 0.05) is 28.8 Å². The van der Waals surface area contributed by atoms with Gasteiger partial charge in [-0.1, -0.05) is 48.2 Å². The molecule has 168 valence electrons. The summed E-state index contributed by atoms with van der Waals surface area (Å²) in [5, 5.41) is 12.6. The van der Waals surface area contributed by atoms with E-state index in [0.717, 1.165) is 28.6 Å². The molecule has 0 aliphatic rings. The molecule has 0 bridgehead atoms. The lowest BCUT2D eigenvalue weighted by atomic mass is 10.2. The average molecular weight is 458 g/mol. The van der Waals surface area contributed by atoms with E-state index in [9.17, 15) is 4.79 Å². The second kappa shape index (κ2) is 10.4. The Morgan fingerprint density at radius 2 is 1.52 bits per heavy atom. The molecule has 1 aromatic heterocycles. The van der Waals surface area contributed by atoms with Gasteiger partial charge in [0.25, 0.3) is 0 Å². The summed E-state index contributed by atoms with van der Waals surface area (Å²) in [4.78, 5) is 15.0. The zero-order valence-corrected chi connectivity index (χ0v) is 19.8. The number of aromatic nitrogens is 3. The van der Waals surface area contributed by atoms with Crippen molar-refractivity contribution in [3.05, 3.63) is 90.8 Å². The van der Waals surface area contributed by atoms with Crippen molar-refractivity contribution in [2.45, 2.75) is 32.0 Å². The summed E-state index contributed by atoms with van der Waals surface area (Å²) >= 11 is 1.40. The first-order valence-electron chi connectivity index (χ1n) is 10.9. The highest BCUT2D eigenvalue weighted by Gasteiger charge is 2.21. The minimum Gasteiger partial charge on any atom is -0.356 e. The number of benzene rings is 3. The van der Waals surface area contributed by atoms with E-state index >= 15 is 0 Å². The molecule has 0 saturated heterocycles. The molecule has 0 unspecified atom stereocenters. The molecule has 0 spiro atoms. The van der Waals surface area contributed by atoms with Gasteiger partial charge >= 0.3 is 0 Å². The molecule has 1 N–H and O–H groups in total. The van der Waals surface area contributed by atoms with Crippen molar-refractivity contribution in [2.24, 2.45) is 0 Å². The van der Waals surface area contributed by atoms with Crippen molar-refractivity contribution in [1.82, 2.24) is 14.8 Å². The maximum absolute atomic E-state index is 13.2. The van der Waals surface area contributed by atoms with Gasteiger partial charge in [0.15, 0.2) is 5.16 Å². The molecule has 0 aliphatic heterocycles. The van der Waals surface area contributed by atoms with Crippen LogP contribution in [0.5, 0.6) is 0 Å². The van der Waals surface area contributed by atoms with Crippen molar-refractivity contribution < 1.29 is 4.79 Å². The van der Waals surface area contributed by atoms with Gasteiger partial charge < -0.3 is 10.2 Å². The number of nitrogens with one attached hydrogen (secondary N) is 1. The first-order chi connectivity index (χ1) is 16.0. The third-order valence-electron chi connectivity index (χ3n) is 5.13. The standard InChI is InChI=1S/C26H27N5OS/c1-19(2)30(24-16-14-22(15-17-24)27-21-10-6-4-7-11-21)25(32)18-33-26-29-28-20(3)31(26)23-12-8-5-9-13-23/h4-17,19,27H,18H2,1-3H3. The summed E-state index contributed by atoms with van der Waals surface area (Å²) in [7, 11) is 0. The van der Waals surface area contributed by atoms with Gasteiger partial charge in [-0.25, -0.2) is 0 Å². The van der Waals surface area contributed by atoms with E-state index in [2.05, 4.69) is 15.5 Å². The predicted molar refractivity (Wildman–Crippen MR) is 136 cm³/mol. The van der Waals surface area contributed by atoms with E-state index < -0.39 is 0 Å². The Labute approximate surface area is 198 Å². The molecular formula is C26H27N5OS. The Hall–Kier alpha value is -3.58. The summed E-state index contributed by atoms with van der Waals surface area (Å²) in [6, 6.07) is 27.9. The maximum atomic E-state index is 13.2. The summed E-state index contributed by atoms with van der Waals surface area (Å²) in [5.74, 6) is 1.09. The van der Waals surface area contributed by atoms with Gasteiger partial charge in [-0.3, -0.25) is 9.36 Å². The summed E-state index contributed by atoms with van der Waals surface area (Å²) < 4.78 is 1.97. The molecule has 33 heavy (non-hydrogen) atoms. The van der Waals surface area contributed by atoms with Crippen molar-refractivity contribution in [3.8, 4) is 5.69 Å². The second-order valence-corrected chi connectivity index (χ2v) is 8.83. The molecule has 0 aliphatic carbocycles. The van der Waals surface area contributed by atoms with Crippen molar-refractivity contribution in [3.63, 3.8) is 0 Å². The number of anilines is 3. The maximum Gasteiger partial charge on any atom is 0.237 e. The molecule has 0 radical (unpaired) electrons. The van der Waals surface area contributed by atoms with Crippen LogP contribution in [0.2, 0.25) is 0 Å². The molecule has 0 saturated carbocycles. The number of hydrogen-bond donors (Lipinski definition) is 1. The Balaban J connectivity index is 1.46. The van der Waals surface area contributed by atoms with Crippen LogP contribution < -0.4 is 10.2 Å². The van der Waals surface area contributed by atoms with E-state index in [-0.39, 0.29) is 17.7 Å². The molecule has 4 rings (SSSR count). The minimum atomic E-state index is 0.0269. The van der Waals surface area contributed by atoms with E-state index in [0.29, 0.717) is 5.16 Å². The number of carbonyl (C=O) groups is 1. The molecule has 1 heterocycles. The van der Waals surface area contributed by atoms with Gasteiger partial charge in [0.05, 0.1) is 5.75 Å². The number of carbonyl (C=O) groups excluding carboxylic acids is 1. The van der Waals surface area contributed by atoms with Crippen LogP contribution in [0, 0.1) is 6.92 Å². The van der Waals surface area contributed by atoms with Crippen LogP contribution in [0.3, 0.4) is 0 Å². The molecule has 0 fully saturated rings. The fourth-order valence-electron chi connectivity index (χ4n) is 3.63. The zero-order chi connectivity index (χ0) is 23.2. The Morgan fingerprint density at radius 1 is 0.909 bits per heavy atom. The van der Waals surface area contributed by atoms with Gasteiger partial charge in [-0.2, -0.15) is 0 Å². The number of rotatable bonds is 8. The first kappa shape index (κ1) is 22.6. The summed E-state index contributed by atoms with van der Waals surface area (Å²) in [6.45, 7) is 5.96. The van der Waals surface area contributed by atoms with Crippen molar-refractivity contribution >= 4 is 34.7 Å². The van der Waals surface area contributed by atoms with E-state index in [1.54, 1.807) is 0 Å². The van der Waals surface area contributed by atoms with Crippen LogP contribution in [0.1, 0.15) is 19.7 Å². The highest BCUT2D eigenvalue weighted by Crippen LogP contribution is 2.26. The summed E-state index contributed by atoms with van der Waals surface area (Å²) in [6.07, 6.45) is 0. The fourth-order valence-corrected chi connectivity index (χ4v) is 4.49. The number of hydrogen-bond acceptors (Lipinski definition) is 5. The number of amides is 1. The Bertz CT molecular complexity index is 1190. The number of aryl methyl sites for hydroxylation is 1. The summed E-state index contributed by atoms with van der Waals surface area (Å²) in [5.41, 5.74) is 3.85. The largest absolute Gasteiger partial charge is 0.356 e. The number of thioether (sulfide) groups is 1. The molecule has 0 atom stereocenters. The SMILES string of the molecule is Cc1nnc(SCC(=O)N(c2ccc(Nc3ccccc3)cc2)C(C)C)n1-c1ccccc1. The van der Waals surface area contributed by atoms with Crippen LogP contribution in [-0.4, -0.2) is 32.5 Å². The van der Waals surface area contributed by atoms with Gasteiger partial charge in [-0.05, 0) is 69.3 Å². The average Bonchev–Trinajstić information content (AvgIpc) is 3.20. The number of para-hydroxylation sites is 2. The van der Waals surface area contributed by atoms with Crippen LogP contribution in [0.15, 0.2) is 90.1 Å². The Kier molecular flexibility index (Phi) is 7.10. The monoisotopic (exact) mass is 457 g/mol. The molecule has 7 heteroatoms. The molecular weight excluding hydrogens is 430 g/mol. The number of nitrogens with zero attached hydrogens (tertiary/aromatic N) is 4. The van der Waals surface area contributed by atoms with E-state index in [1.165, 1.54) is 11.8 Å². The smallest absolute Gasteiger partial charge is 0.237 e. The normalized spacial score (nSPS) is 10.9. The van der Waals surface area contributed by atoms with E-state index in [1.807, 2.05) is 115 Å². The van der Waals surface area contributed by atoms with Crippen LogP contribution in [0.25, 0.3) is 5.69 Å². The first-order valence-corrected chi connectivity index (χ1v) is 11.9. The highest BCUT2D eigenvalue weighted by atomic mass is 32.2. The second-order valence-electron chi connectivity index (χ2n) is 7.88. The van der Waals surface area contributed by atoms with Crippen molar-refractivity contribution in [2.75, 3.05) is 16.0 Å². The quantitative estimate of drug-likeness (QED) is 0.336. The minimum absolute atomic E-state index is 0.0269. The van der Waals surface area contributed by atoms with Gasteiger partial charge in [0.2, 0.25) is 5.91 Å². The molecule has 6 nitrogen and oxygen atoms in total. The topological polar surface area (TPSA) is 63.1 Å². The molecule has 3 aromatic carbocycles. The van der Waals surface area contributed by atoms with Crippen LogP contribution >= 0.6 is 11.8 Å². The highest BCUT2D eigenvalue weighted by molar-refractivity contribution is 7.99. The lowest BCUT2D eigenvalue weighted by Gasteiger charge is -2.27. The molecule has 1 amide bonds. The molecule has 4 aromatic rings. The fraction of sp³-hybridized carbons (Fsp3) is 0.192. The third kappa shape index (κ3) is 5.43. The van der Waals surface area contributed by atoms with Gasteiger partial charge in [-0.15, -0.1) is 10.2 Å². The van der Waals surface area contributed by atoms with E-state index in [4.69, 9.17) is 0 Å². The van der Waals surface area contributed by atoms with Crippen LogP contribution in [0.4, 0.5) is 17.1 Å².